The number of nitrogens with one attached hydrogen (secondary N) is 1. The lowest BCUT2D eigenvalue weighted by atomic mass is 10.3. The molecule has 0 bridgehead atoms. The van der Waals surface area contributed by atoms with Gasteiger partial charge in [-0.15, -0.1) is 0 Å². The summed E-state index contributed by atoms with van der Waals surface area (Å²) < 4.78 is 0. The SMILES string of the molecule is CNC1CCN(Cc2cccnn2)C1. The monoisotopic (exact) mass is 192 g/mol. The van der Waals surface area contributed by atoms with Crippen LogP contribution in [0.4, 0.5) is 0 Å². The molecule has 2 rings (SSSR count). The molecule has 76 valence electrons. The summed E-state index contributed by atoms with van der Waals surface area (Å²) in [6.07, 6.45) is 2.95. The molecule has 1 saturated heterocycles. The van der Waals surface area contributed by atoms with Gasteiger partial charge in [0.1, 0.15) is 0 Å². The highest BCUT2D eigenvalue weighted by atomic mass is 15.2. The number of likely N-dealkylation sites (tertiary alicyclic amines) is 1. The lowest BCUT2D eigenvalue weighted by Crippen LogP contribution is -2.29. The number of aromatic nitrogens is 2. The van der Waals surface area contributed by atoms with Crippen molar-refractivity contribution >= 4 is 0 Å². The molecule has 1 N–H and O–H groups in total. The van der Waals surface area contributed by atoms with E-state index >= 15 is 0 Å². The van der Waals surface area contributed by atoms with E-state index in [2.05, 4.69) is 20.4 Å². The molecule has 0 amide bonds. The summed E-state index contributed by atoms with van der Waals surface area (Å²) in [6.45, 7) is 3.20. The van der Waals surface area contributed by atoms with E-state index in [1.165, 1.54) is 6.42 Å². The number of hydrogen-bond donors (Lipinski definition) is 1. The van der Waals surface area contributed by atoms with Gasteiger partial charge in [0, 0.05) is 31.9 Å². The molecule has 0 spiro atoms. The highest BCUT2D eigenvalue weighted by molar-refractivity contribution is 4.99. The third-order valence-electron chi connectivity index (χ3n) is 2.69. The largest absolute Gasteiger partial charge is 0.316 e. The summed E-state index contributed by atoms with van der Waals surface area (Å²) in [7, 11) is 2.02. The lowest BCUT2D eigenvalue weighted by molar-refractivity contribution is 0.317. The zero-order valence-electron chi connectivity index (χ0n) is 8.48. The maximum Gasteiger partial charge on any atom is 0.0771 e. The first-order valence-corrected chi connectivity index (χ1v) is 5.04. The van der Waals surface area contributed by atoms with Crippen LogP contribution in [0.25, 0.3) is 0 Å². The van der Waals surface area contributed by atoms with Crippen LogP contribution in [0.3, 0.4) is 0 Å². The predicted octanol–water partition coefficient (Wildman–Crippen LogP) is 0.270. The molecule has 2 heterocycles. The maximum absolute atomic E-state index is 4.08. The number of rotatable bonds is 3. The molecule has 1 aromatic heterocycles. The molecule has 0 aliphatic carbocycles. The quantitative estimate of drug-likeness (QED) is 0.746. The van der Waals surface area contributed by atoms with Crippen molar-refractivity contribution < 1.29 is 0 Å². The van der Waals surface area contributed by atoms with E-state index in [-0.39, 0.29) is 0 Å². The standard InChI is InChI=1S/C10H16N4/c1-11-9-4-6-14(7-9)8-10-3-2-5-12-13-10/h2-3,5,9,11H,4,6-8H2,1H3. The first-order chi connectivity index (χ1) is 6.88. The van der Waals surface area contributed by atoms with Crippen LogP contribution >= 0.6 is 0 Å². The summed E-state index contributed by atoms with van der Waals surface area (Å²) in [4.78, 5) is 2.41. The van der Waals surface area contributed by atoms with Gasteiger partial charge in [-0.25, -0.2) is 0 Å². The second-order valence-corrected chi connectivity index (χ2v) is 3.72. The zero-order chi connectivity index (χ0) is 9.80. The fraction of sp³-hybridized carbons (Fsp3) is 0.600. The van der Waals surface area contributed by atoms with E-state index in [9.17, 15) is 0 Å². The van der Waals surface area contributed by atoms with E-state index in [0.717, 1.165) is 25.3 Å². The Bertz CT molecular complexity index is 275. The van der Waals surface area contributed by atoms with E-state index in [4.69, 9.17) is 0 Å². The van der Waals surface area contributed by atoms with Gasteiger partial charge in [0.2, 0.25) is 0 Å². The van der Waals surface area contributed by atoms with Crippen molar-refractivity contribution in [2.24, 2.45) is 0 Å². The van der Waals surface area contributed by atoms with Gasteiger partial charge in [-0.3, -0.25) is 4.90 Å². The van der Waals surface area contributed by atoms with E-state index in [1.807, 2.05) is 19.2 Å². The van der Waals surface area contributed by atoms with Gasteiger partial charge >= 0.3 is 0 Å². The van der Waals surface area contributed by atoms with Crippen LogP contribution in [0.1, 0.15) is 12.1 Å². The molecule has 14 heavy (non-hydrogen) atoms. The Morgan fingerprint density at radius 2 is 2.57 bits per heavy atom. The van der Waals surface area contributed by atoms with Crippen molar-refractivity contribution in [3.8, 4) is 0 Å². The van der Waals surface area contributed by atoms with E-state index < -0.39 is 0 Å². The maximum atomic E-state index is 4.08. The first-order valence-electron chi connectivity index (χ1n) is 5.04. The highest BCUT2D eigenvalue weighted by Crippen LogP contribution is 2.11. The average Bonchev–Trinajstić information content (AvgIpc) is 2.67. The summed E-state index contributed by atoms with van der Waals surface area (Å²) in [5.74, 6) is 0. The van der Waals surface area contributed by atoms with Crippen molar-refractivity contribution in [2.75, 3.05) is 20.1 Å². The number of nitrogens with zero attached hydrogens (tertiary/aromatic N) is 3. The summed E-state index contributed by atoms with van der Waals surface area (Å²) in [6, 6.07) is 4.61. The van der Waals surface area contributed by atoms with Gasteiger partial charge in [-0.1, -0.05) is 0 Å². The molecular formula is C10H16N4. The minimum absolute atomic E-state index is 0.645. The fourth-order valence-electron chi connectivity index (χ4n) is 1.86. The van der Waals surface area contributed by atoms with Gasteiger partial charge in [0.25, 0.3) is 0 Å². The van der Waals surface area contributed by atoms with E-state index in [1.54, 1.807) is 6.20 Å². The van der Waals surface area contributed by atoms with Crippen LogP contribution in [0.5, 0.6) is 0 Å². The van der Waals surface area contributed by atoms with Gasteiger partial charge in [-0.05, 0) is 25.6 Å². The molecule has 1 aliphatic heterocycles. The third-order valence-corrected chi connectivity index (χ3v) is 2.69. The second-order valence-electron chi connectivity index (χ2n) is 3.72. The van der Waals surface area contributed by atoms with Crippen molar-refractivity contribution in [1.82, 2.24) is 20.4 Å². The van der Waals surface area contributed by atoms with Gasteiger partial charge in [-0.2, -0.15) is 10.2 Å². The Labute approximate surface area is 84.3 Å². The molecule has 4 nitrogen and oxygen atoms in total. The Morgan fingerprint density at radius 1 is 1.64 bits per heavy atom. The fourth-order valence-corrected chi connectivity index (χ4v) is 1.86. The molecular weight excluding hydrogens is 176 g/mol. The minimum Gasteiger partial charge on any atom is -0.316 e. The van der Waals surface area contributed by atoms with Crippen LogP contribution in [-0.2, 0) is 6.54 Å². The highest BCUT2D eigenvalue weighted by Gasteiger charge is 2.20. The van der Waals surface area contributed by atoms with Crippen LogP contribution in [-0.4, -0.2) is 41.3 Å². The van der Waals surface area contributed by atoms with Crippen LogP contribution in [0.2, 0.25) is 0 Å². The summed E-state index contributed by atoms with van der Waals surface area (Å²) >= 11 is 0. The molecule has 1 fully saturated rings. The van der Waals surface area contributed by atoms with Crippen molar-refractivity contribution in [2.45, 2.75) is 19.0 Å². The molecule has 0 aromatic carbocycles. The van der Waals surface area contributed by atoms with Crippen molar-refractivity contribution in [1.29, 1.82) is 0 Å². The van der Waals surface area contributed by atoms with Crippen LogP contribution < -0.4 is 5.32 Å². The average molecular weight is 192 g/mol. The molecule has 1 aromatic rings. The third kappa shape index (κ3) is 2.27. The predicted molar refractivity (Wildman–Crippen MR) is 54.8 cm³/mol. The molecule has 4 heteroatoms. The van der Waals surface area contributed by atoms with Gasteiger partial charge in [0.05, 0.1) is 5.69 Å². The van der Waals surface area contributed by atoms with E-state index in [0.29, 0.717) is 6.04 Å². The Kier molecular flexibility index (Phi) is 3.06. The summed E-state index contributed by atoms with van der Waals surface area (Å²) in [5.41, 5.74) is 1.06. The molecule has 1 atom stereocenters. The molecule has 1 unspecified atom stereocenters. The van der Waals surface area contributed by atoms with Crippen LogP contribution in [0.15, 0.2) is 18.3 Å². The normalized spacial score (nSPS) is 22.8. The first kappa shape index (κ1) is 9.55. The lowest BCUT2D eigenvalue weighted by Gasteiger charge is -2.14. The zero-order valence-corrected chi connectivity index (χ0v) is 8.48. The molecule has 0 saturated carbocycles. The summed E-state index contributed by atoms with van der Waals surface area (Å²) in [5, 5.41) is 11.3. The molecule has 0 radical (unpaired) electrons. The van der Waals surface area contributed by atoms with Crippen molar-refractivity contribution in [3.05, 3.63) is 24.0 Å². The smallest absolute Gasteiger partial charge is 0.0771 e. The van der Waals surface area contributed by atoms with Crippen LogP contribution in [0, 0.1) is 0 Å². The van der Waals surface area contributed by atoms with Gasteiger partial charge in [0.15, 0.2) is 0 Å². The minimum atomic E-state index is 0.645. The Morgan fingerprint density at radius 3 is 3.21 bits per heavy atom. The number of hydrogen-bond acceptors (Lipinski definition) is 4. The molecule has 1 aliphatic rings. The topological polar surface area (TPSA) is 41.0 Å². The van der Waals surface area contributed by atoms with Gasteiger partial charge < -0.3 is 5.32 Å². The second kappa shape index (κ2) is 4.48. The van der Waals surface area contributed by atoms with Crippen molar-refractivity contribution in [3.63, 3.8) is 0 Å². The Hall–Kier alpha value is -1.00. The number of likely N-dealkylation sites (N-methyl/N-ethyl adjacent to an activating group) is 1. The Balaban J connectivity index is 1.88.